The second-order valence-corrected chi connectivity index (χ2v) is 14.9. The normalized spacial score (nSPS) is 10.5. The van der Waals surface area contributed by atoms with Gasteiger partial charge in [0, 0.05) is 56.4 Å². The number of carbonyl (C=O) groups excluding carboxylic acids is 2. The first kappa shape index (κ1) is 57.9. The molecule has 0 fully saturated rings. The molecule has 2 N–H and O–H groups in total. The Balaban J connectivity index is 0.000000351. The van der Waals surface area contributed by atoms with Crippen molar-refractivity contribution < 1.29 is 75.9 Å². The van der Waals surface area contributed by atoms with E-state index in [1.165, 1.54) is 12.3 Å². The van der Waals surface area contributed by atoms with Crippen molar-refractivity contribution in [3.63, 3.8) is 0 Å². The van der Waals surface area contributed by atoms with E-state index in [2.05, 4.69) is 20.0 Å². The fourth-order valence-corrected chi connectivity index (χ4v) is 7.21. The molecule has 0 unspecified atom stereocenters. The quantitative estimate of drug-likeness (QED) is 0.0351. The van der Waals surface area contributed by atoms with E-state index >= 15 is 0 Å². The Hall–Kier alpha value is -6.45. The van der Waals surface area contributed by atoms with E-state index in [4.69, 9.17) is 0 Å². The molecule has 0 atom stereocenters. The number of nitrogens with zero attached hydrogens (tertiary/aromatic N) is 4. The molecule has 8 rings (SSSR count). The van der Waals surface area contributed by atoms with Gasteiger partial charge in [0.15, 0.2) is 23.3 Å². The summed E-state index contributed by atoms with van der Waals surface area (Å²) in [6.07, 6.45) is 1.76. The van der Waals surface area contributed by atoms with Gasteiger partial charge in [-0.15, -0.1) is 34.0 Å². The summed E-state index contributed by atoms with van der Waals surface area (Å²) in [6.45, 7) is 6.01. The number of carbonyl (C=O) groups is 2. The summed E-state index contributed by atoms with van der Waals surface area (Å²) in [5.74, 6) is -13.0. The fourth-order valence-electron chi connectivity index (χ4n) is 7.21. The molecule has 0 bridgehead atoms. The molecule has 0 saturated heterocycles. The second kappa shape index (κ2) is 26.0. The third kappa shape index (κ3) is 13.0. The Labute approximate surface area is 442 Å². The van der Waals surface area contributed by atoms with Crippen molar-refractivity contribution in [3.8, 4) is 56.5 Å². The zero-order chi connectivity index (χ0) is 47.1. The maximum Gasteiger partial charge on any atom is 0.220 e. The first-order chi connectivity index (χ1) is 31.7. The van der Waals surface area contributed by atoms with Gasteiger partial charge >= 0.3 is 0 Å². The van der Waals surface area contributed by atoms with Crippen molar-refractivity contribution in [1.29, 1.82) is 0 Å². The van der Waals surface area contributed by atoms with E-state index in [0.29, 0.717) is 34.2 Å². The van der Waals surface area contributed by atoms with Crippen LogP contribution in [0, 0.1) is 49.9 Å². The molecular weight excluding hydrogens is 1130 g/mol. The van der Waals surface area contributed by atoms with Crippen LogP contribution < -0.4 is 0 Å². The Morgan fingerprint density at radius 3 is 1.11 bits per heavy atom. The Morgan fingerprint density at radius 1 is 0.471 bits per heavy atom. The van der Waals surface area contributed by atoms with Gasteiger partial charge in [0.05, 0.1) is 40.6 Å². The summed E-state index contributed by atoms with van der Waals surface area (Å²) in [4.78, 5) is 42.6. The van der Waals surface area contributed by atoms with E-state index in [1.807, 2.05) is 93.6 Å². The van der Waals surface area contributed by atoms with Gasteiger partial charge < -0.3 is 10.2 Å². The van der Waals surface area contributed by atoms with E-state index in [0.717, 1.165) is 33.5 Å². The molecule has 0 saturated carbocycles. The maximum absolute atomic E-state index is 14.0. The van der Waals surface area contributed by atoms with Gasteiger partial charge in [0.1, 0.15) is 5.69 Å². The summed E-state index contributed by atoms with van der Waals surface area (Å²) in [5.41, 5.74) is 6.32. The van der Waals surface area contributed by atoms with Crippen LogP contribution in [0.1, 0.15) is 37.4 Å². The van der Waals surface area contributed by atoms with Crippen molar-refractivity contribution in [2.45, 2.75) is 20.8 Å². The molecule has 2 heterocycles. The maximum atomic E-state index is 14.0. The smallest absolute Gasteiger partial charge is 0.220 e. The van der Waals surface area contributed by atoms with Crippen LogP contribution >= 0.6 is 34.0 Å². The number of aliphatic imine (C=N–C) groups is 2. The molecule has 1 radical (unpaired) electrons. The van der Waals surface area contributed by atoms with Crippen LogP contribution in [0.3, 0.4) is 0 Å². The number of ketones is 2. The summed E-state index contributed by atoms with van der Waals surface area (Å²) in [7, 11) is 0. The van der Waals surface area contributed by atoms with Crippen molar-refractivity contribution in [2.75, 3.05) is 0 Å². The SMILES string of the molecule is Br.Br.Cc1cc(C)c(N=CC(=O)c2cc(-c3ccccc3)nc(O)c2-c2ccccc2)c(C)c1.O=C(C=Nc1c(F)c(F)c(F)c(F)c1F)c1cc(-c2ccccc2)nc(O)c1-c1ccccc1.[Cu].[Fe]. The van der Waals surface area contributed by atoms with Gasteiger partial charge in [0.2, 0.25) is 29.1 Å². The molecule has 8 nitrogen and oxygen atoms in total. The minimum atomic E-state index is -2.34. The van der Waals surface area contributed by atoms with Crippen LogP contribution in [-0.2, 0) is 34.1 Å². The number of aryl methyl sites for hydroxylation is 3. The zero-order valence-electron chi connectivity index (χ0n) is 36.9. The zero-order valence-corrected chi connectivity index (χ0v) is 42.3. The number of halogens is 7. The summed E-state index contributed by atoms with van der Waals surface area (Å²) in [6, 6.07) is 42.7. The summed E-state index contributed by atoms with van der Waals surface area (Å²) < 4.78 is 68.1. The van der Waals surface area contributed by atoms with E-state index in [-0.39, 0.29) is 96.6 Å². The minimum Gasteiger partial charge on any atom is -0.493 e. The van der Waals surface area contributed by atoms with Gasteiger partial charge in [-0.3, -0.25) is 14.6 Å². The van der Waals surface area contributed by atoms with Crippen LogP contribution in [0.2, 0.25) is 0 Å². The second-order valence-electron chi connectivity index (χ2n) is 14.9. The van der Waals surface area contributed by atoms with Gasteiger partial charge in [-0.1, -0.05) is 139 Å². The summed E-state index contributed by atoms with van der Waals surface area (Å²) in [5, 5.41) is 21.5. The average Bonchev–Trinajstić information content (AvgIpc) is 3.33. The monoisotopic (exact) mass is 1170 g/mol. The van der Waals surface area contributed by atoms with Gasteiger partial charge in [-0.2, -0.15) is 0 Å². The molecule has 2 aromatic heterocycles. The van der Waals surface area contributed by atoms with Gasteiger partial charge in [0.25, 0.3) is 0 Å². The largest absolute Gasteiger partial charge is 0.493 e. The van der Waals surface area contributed by atoms with E-state index < -0.39 is 46.4 Å². The number of Topliss-reactive ketones (excluding diaryl/α,β-unsaturated/α-hetero) is 2. The molecule has 70 heavy (non-hydrogen) atoms. The van der Waals surface area contributed by atoms with Crippen LogP contribution in [0.15, 0.2) is 156 Å². The molecule has 8 aromatic rings. The number of aromatic nitrogens is 2. The fraction of sp³-hybridized carbons (Fsp3) is 0.0566. The molecule has 0 aliphatic rings. The first-order valence-electron chi connectivity index (χ1n) is 20.2. The van der Waals surface area contributed by atoms with Gasteiger partial charge in [-0.25, -0.2) is 36.9 Å². The Morgan fingerprint density at radius 2 is 0.771 bits per heavy atom. The molecule has 17 heteroatoms. The number of aromatic hydroxyl groups is 2. The number of rotatable bonds is 10. The molecule has 363 valence electrons. The van der Waals surface area contributed by atoms with Crippen LogP contribution in [0.5, 0.6) is 11.8 Å². The molecule has 0 aliphatic heterocycles. The first-order valence-corrected chi connectivity index (χ1v) is 20.2. The molecule has 0 spiro atoms. The van der Waals surface area contributed by atoms with Crippen molar-refractivity contribution in [1.82, 2.24) is 9.97 Å². The number of hydrogen-bond acceptors (Lipinski definition) is 8. The average molecular weight is 1170 g/mol. The molecule has 0 amide bonds. The number of hydrogen-bond donors (Lipinski definition) is 2. The standard InChI is InChI=1S/C28H24N2O2.C25H13F5N2O2.2BrH.Cu.Fe/c1-18-14-19(2)27(20(3)15-18)29-17-25(31)23-16-24(21-10-6-4-7-11-21)30-28(32)26(23)22-12-8-5-9-13-22;26-19-20(27)22(29)24(23(30)21(19)28)31-12-17(33)15-11-16(13-7-3-1-4-8-13)32-25(34)18(15)14-9-5-2-6-10-14;;;;/h4-17H,1-3H3,(H,30,32);1-12H,(H,32,34);2*1H;;. The summed E-state index contributed by atoms with van der Waals surface area (Å²) >= 11 is 0. The van der Waals surface area contributed by atoms with Crippen LogP contribution in [0.25, 0.3) is 44.8 Å². The molecule has 0 aliphatic carbocycles. The van der Waals surface area contributed by atoms with Crippen LogP contribution in [-0.4, -0.2) is 44.2 Å². The van der Waals surface area contributed by atoms with E-state index in [9.17, 15) is 41.8 Å². The Bertz CT molecular complexity index is 3140. The topological polar surface area (TPSA) is 125 Å². The Kier molecular flexibility index (Phi) is 21.5. The third-order valence-electron chi connectivity index (χ3n) is 10.2. The number of pyridine rings is 2. The molecule has 6 aromatic carbocycles. The van der Waals surface area contributed by atoms with Crippen molar-refractivity contribution in [2.24, 2.45) is 9.98 Å². The predicted molar refractivity (Wildman–Crippen MR) is 266 cm³/mol. The van der Waals surface area contributed by atoms with Crippen molar-refractivity contribution in [3.05, 3.63) is 202 Å². The van der Waals surface area contributed by atoms with Crippen molar-refractivity contribution >= 4 is 69.3 Å². The third-order valence-corrected chi connectivity index (χ3v) is 10.2. The van der Waals surface area contributed by atoms with Crippen LogP contribution in [0.4, 0.5) is 33.3 Å². The van der Waals surface area contributed by atoms with E-state index in [1.54, 1.807) is 66.7 Å². The minimum absolute atomic E-state index is 0. The van der Waals surface area contributed by atoms with Gasteiger partial charge in [-0.05, 0) is 55.2 Å². The predicted octanol–water partition coefficient (Wildman–Crippen LogP) is 14.2. The number of benzene rings is 6. The molecular formula is C53H39Br2CuF5FeN4O4.